The number of carbonyl (C=O) groups excluding carboxylic acids is 2. The minimum Gasteiger partial charge on any atom is -0.376 e. The first-order valence-electron chi connectivity index (χ1n) is 19.4. The number of aromatic nitrogens is 7. The molecule has 60 heavy (non-hydrogen) atoms. The minimum absolute atomic E-state index is 0.0122. The molecule has 4 aromatic carbocycles. The second-order valence-electron chi connectivity index (χ2n) is 15.1. The largest absolute Gasteiger partial charge is 0.376 e. The summed E-state index contributed by atoms with van der Waals surface area (Å²) < 4.78 is 43.8. The van der Waals surface area contributed by atoms with Gasteiger partial charge in [-0.2, -0.15) is 15.3 Å². The highest BCUT2D eigenvalue weighted by Gasteiger charge is 2.38. The van der Waals surface area contributed by atoms with E-state index in [0.29, 0.717) is 66.3 Å². The Bertz CT molecular complexity index is 2920. The summed E-state index contributed by atoms with van der Waals surface area (Å²) in [5.74, 6) is -1.34. The normalized spacial score (nSPS) is 17.3. The van der Waals surface area contributed by atoms with Gasteiger partial charge in [-0.3, -0.25) is 23.9 Å². The molecule has 0 radical (unpaired) electrons. The molecule has 2 amide bonds. The fourth-order valence-electron chi connectivity index (χ4n) is 8.08. The van der Waals surface area contributed by atoms with Crippen molar-refractivity contribution in [2.24, 2.45) is 13.0 Å². The average molecular weight is 815 g/mol. The fourth-order valence-corrected chi connectivity index (χ4v) is 8.08. The molecule has 304 valence electrons. The molecular weight excluding hydrogens is 778 g/mol. The van der Waals surface area contributed by atoms with E-state index in [9.17, 15) is 32.3 Å². The number of aromatic amines is 2. The summed E-state index contributed by atoms with van der Waals surface area (Å²) in [6, 6.07) is 19.8. The van der Waals surface area contributed by atoms with Crippen molar-refractivity contribution in [3.63, 3.8) is 0 Å². The highest BCUT2D eigenvalue weighted by Crippen LogP contribution is 2.46. The predicted molar refractivity (Wildman–Crippen MR) is 215 cm³/mol. The molecule has 2 aliphatic heterocycles. The summed E-state index contributed by atoms with van der Waals surface area (Å²) in [6.45, 7) is 1.76. The first-order valence-corrected chi connectivity index (χ1v) is 19.4. The molecule has 5 heterocycles. The molecule has 3 aromatic heterocycles. The van der Waals surface area contributed by atoms with Crippen LogP contribution in [0.15, 0.2) is 94.8 Å². The molecule has 1 saturated heterocycles. The van der Waals surface area contributed by atoms with Crippen LogP contribution in [0.4, 0.5) is 18.9 Å². The summed E-state index contributed by atoms with van der Waals surface area (Å²) in [5, 5.41) is 22.9. The van der Waals surface area contributed by atoms with E-state index in [-0.39, 0.29) is 40.1 Å². The summed E-state index contributed by atoms with van der Waals surface area (Å²) in [7, 11) is 1.76. The standard InChI is InChI=1S/C24H23FN4O3.C19H14F2N6O/c25-20-8-5-15(14-21-17-3-1-2-4-18(17)22(30)27-26-21)13-19(20)24(32)29-11-9-28(10-12-29)23(31)16-6-7-16;1-27-18(22-8-23-27)15-16(9-2-4-10(20)5-3-9)24-13-7-11(21)6-12-14(13)17(15)25-26-19(12)28/h1-5,8,13,16H,6-7,9-12,14H2,(H,27,30);2-8,15-16,24H,1H3,(H,26,28)/t;15-,16-/m.1/s1. The van der Waals surface area contributed by atoms with E-state index in [0.717, 1.165) is 29.4 Å². The topological polar surface area (TPSA) is 175 Å². The number of aryl methyl sites for hydroxylation is 1. The highest BCUT2D eigenvalue weighted by atomic mass is 19.1. The number of nitrogens with zero attached hydrogens (tertiary/aromatic N) is 7. The Morgan fingerprint density at radius 2 is 1.48 bits per heavy atom. The van der Waals surface area contributed by atoms with Crippen molar-refractivity contribution in [3.05, 3.63) is 157 Å². The lowest BCUT2D eigenvalue weighted by atomic mass is 9.83. The highest BCUT2D eigenvalue weighted by molar-refractivity contribution is 5.97. The SMILES string of the molecule is Cn1ncnc1[C@H]1c2n[nH]c(=O)c3cc(F)cc(c23)N[C@@H]1c1ccc(F)cc1.O=C(c1cc(Cc2n[nH]c(=O)c3ccccc23)ccc1F)N1CCN(C(=O)C2CC2)CC1. The van der Waals surface area contributed by atoms with Crippen LogP contribution < -0.4 is 16.4 Å². The number of rotatable bonds is 6. The molecule has 0 spiro atoms. The molecule has 3 N–H and O–H groups in total. The van der Waals surface area contributed by atoms with Gasteiger partial charge in [0.1, 0.15) is 29.6 Å². The maximum absolute atomic E-state index is 14.6. The molecule has 3 aliphatic rings. The van der Waals surface area contributed by atoms with Crippen molar-refractivity contribution < 1.29 is 22.8 Å². The van der Waals surface area contributed by atoms with Gasteiger partial charge in [-0.15, -0.1) is 0 Å². The lowest BCUT2D eigenvalue weighted by Crippen LogP contribution is -2.51. The van der Waals surface area contributed by atoms with E-state index in [2.05, 4.69) is 35.8 Å². The van der Waals surface area contributed by atoms with Gasteiger partial charge in [0, 0.05) is 62.0 Å². The number of benzene rings is 4. The molecule has 14 nitrogen and oxygen atoms in total. The van der Waals surface area contributed by atoms with E-state index in [1.54, 1.807) is 57.9 Å². The number of anilines is 1. The van der Waals surface area contributed by atoms with Crippen LogP contribution in [0, 0.1) is 23.4 Å². The molecule has 0 bridgehead atoms. The summed E-state index contributed by atoms with van der Waals surface area (Å²) >= 11 is 0. The van der Waals surface area contributed by atoms with Gasteiger partial charge in [0.15, 0.2) is 0 Å². The van der Waals surface area contributed by atoms with E-state index >= 15 is 0 Å². The van der Waals surface area contributed by atoms with Gasteiger partial charge >= 0.3 is 0 Å². The second kappa shape index (κ2) is 15.5. The molecule has 2 fully saturated rings. The van der Waals surface area contributed by atoms with Crippen molar-refractivity contribution in [2.45, 2.75) is 31.2 Å². The molecule has 1 aliphatic carbocycles. The fraction of sp³-hybridized carbons (Fsp3) is 0.256. The molecule has 17 heteroatoms. The van der Waals surface area contributed by atoms with Crippen LogP contribution in [0.2, 0.25) is 0 Å². The number of nitrogens with one attached hydrogen (secondary N) is 3. The minimum atomic E-state index is -0.575. The smallest absolute Gasteiger partial charge is 0.272 e. The first kappa shape index (κ1) is 38.4. The van der Waals surface area contributed by atoms with Crippen LogP contribution in [-0.4, -0.2) is 83.0 Å². The summed E-state index contributed by atoms with van der Waals surface area (Å²) in [6.07, 6.45) is 3.69. The van der Waals surface area contributed by atoms with Gasteiger partial charge in [0.2, 0.25) is 5.91 Å². The molecule has 1 saturated carbocycles. The third-order valence-corrected chi connectivity index (χ3v) is 11.3. The molecular formula is C43H37F3N10O4. The van der Waals surface area contributed by atoms with Crippen molar-refractivity contribution in [2.75, 3.05) is 31.5 Å². The lowest BCUT2D eigenvalue weighted by molar-refractivity contribution is -0.134. The first-order chi connectivity index (χ1) is 29.0. The molecule has 7 aromatic rings. The van der Waals surface area contributed by atoms with Crippen molar-refractivity contribution in [1.82, 2.24) is 45.0 Å². The van der Waals surface area contributed by atoms with Crippen LogP contribution >= 0.6 is 0 Å². The number of halogens is 3. The number of fused-ring (bicyclic) bond motifs is 1. The number of carbonyl (C=O) groups is 2. The zero-order chi connectivity index (χ0) is 41.7. The van der Waals surface area contributed by atoms with Crippen LogP contribution in [0.5, 0.6) is 0 Å². The Morgan fingerprint density at radius 3 is 2.20 bits per heavy atom. The van der Waals surface area contributed by atoms with Crippen LogP contribution in [0.25, 0.3) is 21.5 Å². The van der Waals surface area contributed by atoms with E-state index < -0.39 is 29.2 Å². The van der Waals surface area contributed by atoms with Crippen molar-refractivity contribution in [1.29, 1.82) is 0 Å². The third-order valence-electron chi connectivity index (χ3n) is 11.3. The Balaban J connectivity index is 0.000000155. The quantitative estimate of drug-likeness (QED) is 0.209. The van der Waals surface area contributed by atoms with Gasteiger partial charge in [0.25, 0.3) is 17.0 Å². The number of hydrogen-bond donors (Lipinski definition) is 3. The Kier molecular flexibility index (Phi) is 9.93. The van der Waals surface area contributed by atoms with Crippen LogP contribution in [0.3, 0.4) is 0 Å². The van der Waals surface area contributed by atoms with E-state index in [1.165, 1.54) is 36.7 Å². The Morgan fingerprint density at radius 1 is 0.783 bits per heavy atom. The van der Waals surface area contributed by atoms with Gasteiger partial charge < -0.3 is 15.1 Å². The lowest BCUT2D eigenvalue weighted by Gasteiger charge is -2.35. The average Bonchev–Trinajstić information content (AvgIpc) is 4.03. The van der Waals surface area contributed by atoms with Crippen molar-refractivity contribution in [3.8, 4) is 0 Å². The van der Waals surface area contributed by atoms with E-state index in [4.69, 9.17) is 0 Å². The summed E-state index contributed by atoms with van der Waals surface area (Å²) in [5.41, 5.74) is 2.42. The molecule has 2 atom stereocenters. The van der Waals surface area contributed by atoms with Gasteiger partial charge in [-0.1, -0.05) is 36.4 Å². The Labute approximate surface area is 339 Å². The zero-order valence-electron chi connectivity index (χ0n) is 32.2. The van der Waals surface area contributed by atoms with Crippen molar-refractivity contribution >= 4 is 39.0 Å². The zero-order valence-corrected chi connectivity index (χ0v) is 32.2. The number of piperazine rings is 1. The Hall–Kier alpha value is -7.17. The maximum atomic E-state index is 14.6. The van der Waals surface area contributed by atoms with E-state index in [1.807, 2.05) is 12.1 Å². The van der Waals surface area contributed by atoms with Crippen LogP contribution in [-0.2, 0) is 18.3 Å². The third kappa shape index (κ3) is 7.26. The molecule has 10 rings (SSSR count). The second-order valence-corrected chi connectivity index (χ2v) is 15.1. The monoisotopic (exact) mass is 814 g/mol. The maximum Gasteiger partial charge on any atom is 0.272 e. The van der Waals surface area contributed by atoms with Gasteiger partial charge in [0.05, 0.1) is 39.7 Å². The predicted octanol–water partition coefficient (Wildman–Crippen LogP) is 4.98. The number of hydrogen-bond acceptors (Lipinski definition) is 9. The van der Waals surface area contributed by atoms with Crippen LogP contribution in [0.1, 0.15) is 63.5 Å². The molecule has 0 unspecified atom stereocenters. The van der Waals surface area contributed by atoms with Gasteiger partial charge in [-0.05, 0) is 66.4 Å². The number of amides is 2. The number of H-pyrrole nitrogens is 2. The van der Waals surface area contributed by atoms with Gasteiger partial charge in [-0.25, -0.2) is 28.4 Å². The summed E-state index contributed by atoms with van der Waals surface area (Å²) in [4.78, 5) is 57.3.